The van der Waals surface area contributed by atoms with Crippen LogP contribution in [-0.4, -0.2) is 57.4 Å². The number of anilines is 1. The van der Waals surface area contributed by atoms with Gasteiger partial charge in [0.1, 0.15) is 30.2 Å². The van der Waals surface area contributed by atoms with Gasteiger partial charge >= 0.3 is 17.9 Å². The van der Waals surface area contributed by atoms with Crippen molar-refractivity contribution in [2.75, 3.05) is 12.3 Å². The number of hydrogen-bond donors (Lipinski definition) is 1. The largest absolute Gasteiger partial charge is 0.459 e. The number of nitrogen functional groups attached to an aromatic ring is 1. The molecule has 5 aromatic rings. The molecular formula is C33H26N4O8. The molecule has 0 spiro atoms. The van der Waals surface area contributed by atoms with E-state index in [0.29, 0.717) is 5.56 Å². The highest BCUT2D eigenvalue weighted by Gasteiger charge is 2.51. The van der Waals surface area contributed by atoms with Crippen LogP contribution in [0, 0.1) is 0 Å². The third-order valence-corrected chi connectivity index (χ3v) is 7.19. The van der Waals surface area contributed by atoms with Gasteiger partial charge in [-0.3, -0.25) is 4.79 Å². The third-order valence-electron chi connectivity index (χ3n) is 7.19. The van der Waals surface area contributed by atoms with E-state index in [1.54, 1.807) is 91.0 Å². The SMILES string of the molecule is Nc1ncnc2c1c(=O)ccn2[C@H]1O[C@@H](COC(=O)c2ccccc2)[C@H](OC(=O)c2ccccc2)[C@@H]1OC(=O)c1ccccc1. The molecule has 1 fully saturated rings. The molecule has 0 radical (unpaired) electrons. The van der Waals surface area contributed by atoms with Crippen LogP contribution in [0.4, 0.5) is 5.82 Å². The minimum absolute atomic E-state index is 0.0218. The number of fused-ring (bicyclic) bond motifs is 1. The number of esters is 3. The van der Waals surface area contributed by atoms with Gasteiger partial charge in [0.25, 0.3) is 0 Å². The Morgan fingerprint density at radius 3 is 1.84 bits per heavy atom. The molecule has 6 rings (SSSR count). The second-order valence-electron chi connectivity index (χ2n) is 10.0. The van der Waals surface area contributed by atoms with E-state index < -0.39 is 47.9 Å². The molecule has 0 aliphatic carbocycles. The summed E-state index contributed by atoms with van der Waals surface area (Å²) in [6, 6.07) is 26.0. The fourth-order valence-electron chi connectivity index (χ4n) is 5.01. The number of carbonyl (C=O) groups excluding carboxylic acids is 3. The van der Waals surface area contributed by atoms with Gasteiger partial charge in [-0.1, -0.05) is 54.6 Å². The molecule has 1 aliphatic rings. The number of aromatic nitrogens is 3. The Hall–Kier alpha value is -5.88. The lowest BCUT2D eigenvalue weighted by atomic mass is 10.1. The summed E-state index contributed by atoms with van der Waals surface area (Å²) < 4.78 is 25.3. The summed E-state index contributed by atoms with van der Waals surface area (Å²) >= 11 is 0. The summed E-state index contributed by atoms with van der Waals surface area (Å²) in [7, 11) is 0. The molecule has 2 N–H and O–H groups in total. The summed E-state index contributed by atoms with van der Waals surface area (Å²) in [5.41, 5.74) is 6.45. The van der Waals surface area contributed by atoms with Crippen molar-refractivity contribution in [2.45, 2.75) is 24.5 Å². The maximum Gasteiger partial charge on any atom is 0.338 e. The van der Waals surface area contributed by atoms with Gasteiger partial charge in [0.05, 0.1) is 16.7 Å². The Morgan fingerprint density at radius 1 is 0.733 bits per heavy atom. The number of hydrogen-bond acceptors (Lipinski definition) is 11. The topological polar surface area (TPSA) is 162 Å². The van der Waals surface area contributed by atoms with Crippen molar-refractivity contribution in [1.29, 1.82) is 0 Å². The Morgan fingerprint density at radius 2 is 1.27 bits per heavy atom. The second-order valence-corrected chi connectivity index (χ2v) is 10.0. The van der Waals surface area contributed by atoms with Crippen LogP contribution in [0.3, 0.4) is 0 Å². The van der Waals surface area contributed by atoms with Crippen molar-refractivity contribution in [3.63, 3.8) is 0 Å². The average Bonchev–Trinajstić information content (AvgIpc) is 3.40. The van der Waals surface area contributed by atoms with E-state index in [9.17, 15) is 19.2 Å². The van der Waals surface area contributed by atoms with Crippen LogP contribution in [0.15, 0.2) is 114 Å². The fourth-order valence-corrected chi connectivity index (χ4v) is 5.01. The zero-order valence-corrected chi connectivity index (χ0v) is 23.6. The van der Waals surface area contributed by atoms with Gasteiger partial charge in [0.2, 0.25) is 0 Å². The van der Waals surface area contributed by atoms with Crippen molar-refractivity contribution in [3.8, 4) is 0 Å². The molecule has 0 unspecified atom stereocenters. The van der Waals surface area contributed by atoms with Gasteiger partial charge in [-0.25, -0.2) is 24.4 Å². The molecule has 1 saturated heterocycles. The quantitative estimate of drug-likeness (QED) is 0.203. The molecule has 45 heavy (non-hydrogen) atoms. The molecule has 226 valence electrons. The summed E-state index contributed by atoms with van der Waals surface area (Å²) in [5.74, 6) is -2.14. The van der Waals surface area contributed by atoms with Crippen molar-refractivity contribution in [1.82, 2.24) is 14.5 Å². The van der Waals surface area contributed by atoms with Gasteiger partial charge < -0.3 is 29.2 Å². The first-order chi connectivity index (χ1) is 21.9. The molecule has 2 aromatic heterocycles. The summed E-state index contributed by atoms with van der Waals surface area (Å²) in [6.07, 6.45) is -2.30. The Bertz CT molecular complexity index is 1900. The first-order valence-electron chi connectivity index (χ1n) is 13.9. The van der Waals surface area contributed by atoms with E-state index in [1.165, 1.54) is 23.2 Å². The van der Waals surface area contributed by atoms with Crippen LogP contribution >= 0.6 is 0 Å². The number of nitrogens with two attached hydrogens (primary N) is 1. The minimum atomic E-state index is -1.30. The maximum atomic E-state index is 13.4. The van der Waals surface area contributed by atoms with Gasteiger partial charge in [-0.2, -0.15) is 0 Å². The predicted octanol–water partition coefficient (Wildman–Crippen LogP) is 3.58. The van der Waals surface area contributed by atoms with E-state index in [4.69, 9.17) is 24.7 Å². The predicted molar refractivity (Wildman–Crippen MR) is 160 cm³/mol. The Labute approximate surface area is 256 Å². The van der Waals surface area contributed by atoms with Crippen LogP contribution in [-0.2, 0) is 18.9 Å². The first kappa shape index (κ1) is 29.2. The van der Waals surface area contributed by atoms with Crippen LogP contribution in [0.25, 0.3) is 11.0 Å². The van der Waals surface area contributed by atoms with Crippen LogP contribution in [0.2, 0.25) is 0 Å². The Kier molecular flexibility index (Phi) is 8.29. The summed E-state index contributed by atoms with van der Waals surface area (Å²) in [4.78, 5) is 60.5. The zero-order chi connectivity index (χ0) is 31.3. The standard InChI is InChI=1S/C33H26N4O8/c34-28-25-23(38)16-17-37(29(25)36-19-35-28)30-27(45-33(41)22-14-8-3-9-15-22)26(44-32(40)21-12-6-2-7-13-21)24(43-30)18-42-31(39)20-10-4-1-5-11-20/h1-17,19,24,26-27,30H,18H2,(H2,34,35,36)/t24-,26-,27-,30-/m0/s1. The molecule has 0 saturated carbocycles. The number of benzene rings is 3. The van der Waals surface area contributed by atoms with E-state index in [2.05, 4.69) is 9.97 Å². The third kappa shape index (κ3) is 6.12. The van der Waals surface area contributed by atoms with E-state index >= 15 is 0 Å². The van der Waals surface area contributed by atoms with Crippen LogP contribution in [0.1, 0.15) is 37.3 Å². The molecule has 0 amide bonds. The van der Waals surface area contributed by atoms with Crippen molar-refractivity contribution < 1.29 is 33.3 Å². The number of nitrogens with zero attached hydrogens (tertiary/aromatic N) is 3. The van der Waals surface area contributed by atoms with Crippen LogP contribution < -0.4 is 11.2 Å². The highest BCUT2D eigenvalue weighted by Crippen LogP contribution is 2.36. The first-order valence-corrected chi connectivity index (χ1v) is 13.9. The monoisotopic (exact) mass is 606 g/mol. The van der Waals surface area contributed by atoms with Gasteiger partial charge in [0, 0.05) is 12.3 Å². The highest BCUT2D eigenvalue weighted by atomic mass is 16.7. The second kappa shape index (κ2) is 12.8. The lowest BCUT2D eigenvalue weighted by Crippen LogP contribution is -2.41. The lowest BCUT2D eigenvalue weighted by Gasteiger charge is -2.26. The molecule has 12 heteroatoms. The zero-order valence-electron chi connectivity index (χ0n) is 23.6. The average molecular weight is 607 g/mol. The molecule has 4 atom stereocenters. The summed E-state index contributed by atoms with van der Waals surface area (Å²) in [6.45, 7) is -0.369. The number of rotatable bonds is 8. The van der Waals surface area contributed by atoms with Crippen molar-refractivity contribution >= 4 is 34.8 Å². The number of carbonyl (C=O) groups is 3. The van der Waals surface area contributed by atoms with Gasteiger partial charge in [-0.15, -0.1) is 0 Å². The maximum absolute atomic E-state index is 13.4. The molecular weight excluding hydrogens is 580 g/mol. The summed E-state index contributed by atoms with van der Waals surface area (Å²) in [5, 5.41) is 0.0218. The molecule has 3 aromatic carbocycles. The fraction of sp³-hybridized carbons (Fsp3) is 0.152. The number of ether oxygens (including phenoxy) is 4. The minimum Gasteiger partial charge on any atom is -0.459 e. The van der Waals surface area contributed by atoms with Gasteiger partial charge in [0.15, 0.2) is 29.5 Å². The molecule has 3 heterocycles. The Balaban J connectivity index is 1.41. The van der Waals surface area contributed by atoms with E-state index in [0.717, 1.165) is 0 Å². The number of pyridine rings is 1. The van der Waals surface area contributed by atoms with E-state index in [-0.39, 0.29) is 34.6 Å². The van der Waals surface area contributed by atoms with Crippen molar-refractivity contribution in [2.24, 2.45) is 0 Å². The molecule has 1 aliphatic heterocycles. The smallest absolute Gasteiger partial charge is 0.338 e. The van der Waals surface area contributed by atoms with Crippen molar-refractivity contribution in [3.05, 3.63) is 136 Å². The van der Waals surface area contributed by atoms with Crippen LogP contribution in [0.5, 0.6) is 0 Å². The highest BCUT2D eigenvalue weighted by molar-refractivity contribution is 5.91. The normalized spacial score (nSPS) is 19.1. The molecule has 12 nitrogen and oxygen atoms in total. The lowest BCUT2D eigenvalue weighted by molar-refractivity contribution is -0.0606. The molecule has 0 bridgehead atoms. The van der Waals surface area contributed by atoms with Gasteiger partial charge in [-0.05, 0) is 36.4 Å². The van der Waals surface area contributed by atoms with E-state index in [1.807, 2.05) is 0 Å².